The van der Waals surface area contributed by atoms with Crippen LogP contribution in [0.1, 0.15) is 43.0 Å². The molecule has 0 bridgehead atoms. The van der Waals surface area contributed by atoms with Crippen LogP contribution in [0.15, 0.2) is 53.5 Å². The van der Waals surface area contributed by atoms with E-state index in [1.807, 2.05) is 19.1 Å². The molecule has 1 aliphatic heterocycles. The topological polar surface area (TPSA) is 78.4 Å². The van der Waals surface area contributed by atoms with E-state index in [1.54, 1.807) is 26.4 Å². The van der Waals surface area contributed by atoms with Gasteiger partial charge in [-0.2, -0.15) is 0 Å². The molecule has 1 fully saturated rings. The summed E-state index contributed by atoms with van der Waals surface area (Å²) in [5, 5.41) is 17.4. The molecule has 1 heterocycles. The molecule has 2 aromatic carbocycles. The minimum Gasteiger partial charge on any atom is -0.497 e. The maximum atomic E-state index is 10.8. The first-order valence-electron chi connectivity index (χ1n) is 11.4. The van der Waals surface area contributed by atoms with Crippen molar-refractivity contribution in [1.82, 2.24) is 15.5 Å². The van der Waals surface area contributed by atoms with E-state index in [4.69, 9.17) is 14.5 Å². The summed E-state index contributed by atoms with van der Waals surface area (Å²) in [5.74, 6) is 1.99. The largest absolute Gasteiger partial charge is 0.497 e. The number of rotatable bonds is 10. The third kappa shape index (κ3) is 7.75. The van der Waals surface area contributed by atoms with Crippen LogP contribution in [-0.4, -0.2) is 62.9 Å². The van der Waals surface area contributed by atoms with Gasteiger partial charge in [-0.15, -0.1) is 24.0 Å². The van der Waals surface area contributed by atoms with Crippen LogP contribution in [0.3, 0.4) is 0 Å². The molecule has 2 aromatic rings. The summed E-state index contributed by atoms with van der Waals surface area (Å²) in [6.45, 7) is 5.94. The molecular formula is C25H37IN4O3. The molecule has 3 rings (SSSR count). The van der Waals surface area contributed by atoms with Gasteiger partial charge < -0.3 is 25.2 Å². The first-order valence-corrected chi connectivity index (χ1v) is 11.4. The fraction of sp³-hybridized carbons (Fsp3) is 0.480. The molecule has 182 valence electrons. The van der Waals surface area contributed by atoms with Gasteiger partial charge in [-0.05, 0) is 56.6 Å². The number of hydrogen-bond acceptors (Lipinski definition) is 5. The number of ether oxygens (including phenoxy) is 2. The maximum Gasteiger partial charge on any atom is 0.191 e. The Balaban J connectivity index is 0.00000385. The van der Waals surface area contributed by atoms with E-state index in [1.165, 1.54) is 18.4 Å². The number of nitrogens with zero attached hydrogens (tertiary/aromatic N) is 2. The van der Waals surface area contributed by atoms with Gasteiger partial charge >= 0.3 is 0 Å². The number of aliphatic hydroxyl groups is 1. The molecule has 33 heavy (non-hydrogen) atoms. The lowest BCUT2D eigenvalue weighted by Gasteiger charge is -2.27. The van der Waals surface area contributed by atoms with Gasteiger partial charge in [-0.25, -0.2) is 0 Å². The zero-order valence-corrected chi connectivity index (χ0v) is 22.1. The van der Waals surface area contributed by atoms with Crippen LogP contribution in [0.5, 0.6) is 11.5 Å². The minimum atomic E-state index is -0.771. The van der Waals surface area contributed by atoms with Gasteiger partial charge in [-0.1, -0.05) is 30.3 Å². The van der Waals surface area contributed by atoms with E-state index in [0.29, 0.717) is 36.1 Å². The van der Waals surface area contributed by atoms with Gasteiger partial charge in [-0.3, -0.25) is 9.89 Å². The highest BCUT2D eigenvalue weighted by atomic mass is 127. The van der Waals surface area contributed by atoms with Gasteiger partial charge in [0.15, 0.2) is 5.96 Å². The van der Waals surface area contributed by atoms with Crippen LogP contribution in [0.2, 0.25) is 0 Å². The summed E-state index contributed by atoms with van der Waals surface area (Å²) >= 11 is 0. The van der Waals surface area contributed by atoms with Crippen molar-refractivity contribution in [3.63, 3.8) is 0 Å². The minimum absolute atomic E-state index is 0. The van der Waals surface area contributed by atoms with E-state index < -0.39 is 6.10 Å². The third-order valence-electron chi connectivity index (χ3n) is 5.79. The van der Waals surface area contributed by atoms with Crippen molar-refractivity contribution in [2.75, 3.05) is 46.9 Å². The number of nitrogens with one attached hydrogen (secondary N) is 2. The molecule has 0 aromatic heterocycles. The van der Waals surface area contributed by atoms with E-state index in [0.717, 1.165) is 19.6 Å². The average molecular weight is 569 g/mol. The van der Waals surface area contributed by atoms with Gasteiger partial charge in [0, 0.05) is 18.7 Å². The Hall–Kier alpha value is -2.04. The van der Waals surface area contributed by atoms with Crippen LogP contribution in [-0.2, 0) is 0 Å². The predicted molar refractivity (Wildman–Crippen MR) is 144 cm³/mol. The molecule has 0 spiro atoms. The van der Waals surface area contributed by atoms with Crippen molar-refractivity contribution >= 4 is 29.9 Å². The highest BCUT2D eigenvalue weighted by Crippen LogP contribution is 2.29. The smallest absolute Gasteiger partial charge is 0.191 e. The quantitative estimate of drug-likeness (QED) is 0.230. The van der Waals surface area contributed by atoms with E-state index in [-0.39, 0.29) is 30.0 Å². The number of aliphatic imine (C=N–C) groups is 1. The third-order valence-corrected chi connectivity index (χ3v) is 5.79. The second-order valence-electron chi connectivity index (χ2n) is 7.89. The van der Waals surface area contributed by atoms with E-state index in [9.17, 15) is 5.11 Å². The van der Waals surface area contributed by atoms with Crippen molar-refractivity contribution in [3.8, 4) is 11.5 Å². The number of halogens is 1. The fourth-order valence-corrected chi connectivity index (χ4v) is 4.08. The summed E-state index contributed by atoms with van der Waals surface area (Å²) in [7, 11) is 3.20. The van der Waals surface area contributed by atoms with Crippen molar-refractivity contribution in [3.05, 3.63) is 59.7 Å². The van der Waals surface area contributed by atoms with Crippen molar-refractivity contribution in [1.29, 1.82) is 0 Å². The first kappa shape index (κ1) is 27.2. The number of likely N-dealkylation sites (tertiary alicyclic amines) is 1. The normalized spacial score (nSPS) is 15.9. The molecule has 7 nitrogen and oxygen atoms in total. The summed E-state index contributed by atoms with van der Waals surface area (Å²) in [6.07, 6.45) is 1.70. The van der Waals surface area contributed by atoms with Crippen molar-refractivity contribution in [2.45, 2.75) is 31.9 Å². The fourth-order valence-electron chi connectivity index (χ4n) is 4.08. The average Bonchev–Trinajstić information content (AvgIpc) is 3.37. The molecule has 8 heteroatoms. The molecular weight excluding hydrogens is 531 g/mol. The highest BCUT2D eigenvalue weighted by Gasteiger charge is 2.23. The number of hydrogen-bond donors (Lipinski definition) is 3. The molecule has 1 aliphatic rings. The SMILES string of the molecule is CCNC(=NCC(c1ccccc1)N1CCCC1)NCC(O)c1cc(OC)ccc1OC.I. The van der Waals surface area contributed by atoms with E-state index in [2.05, 4.69) is 39.8 Å². The monoisotopic (exact) mass is 568 g/mol. The van der Waals surface area contributed by atoms with Crippen LogP contribution >= 0.6 is 24.0 Å². The van der Waals surface area contributed by atoms with Crippen molar-refractivity contribution in [2.24, 2.45) is 4.99 Å². The maximum absolute atomic E-state index is 10.8. The van der Waals surface area contributed by atoms with Gasteiger partial charge in [0.05, 0.1) is 32.9 Å². The van der Waals surface area contributed by atoms with Gasteiger partial charge in [0.2, 0.25) is 0 Å². The summed E-state index contributed by atoms with van der Waals surface area (Å²) in [6, 6.07) is 16.2. The number of guanidine groups is 1. The van der Waals surface area contributed by atoms with E-state index >= 15 is 0 Å². The molecule has 3 N–H and O–H groups in total. The summed E-state index contributed by atoms with van der Waals surface area (Å²) in [4.78, 5) is 7.37. The highest BCUT2D eigenvalue weighted by molar-refractivity contribution is 14.0. The van der Waals surface area contributed by atoms with Gasteiger partial charge in [0.25, 0.3) is 0 Å². The summed E-state index contributed by atoms with van der Waals surface area (Å²) < 4.78 is 10.7. The Bertz CT molecular complexity index is 860. The van der Waals surface area contributed by atoms with Gasteiger partial charge in [0.1, 0.15) is 11.5 Å². The Labute approximate surface area is 214 Å². The number of aliphatic hydroxyl groups excluding tert-OH is 1. The second-order valence-corrected chi connectivity index (χ2v) is 7.89. The van der Waals surface area contributed by atoms with Crippen molar-refractivity contribution < 1.29 is 14.6 Å². The predicted octanol–water partition coefficient (Wildman–Crippen LogP) is 3.75. The zero-order chi connectivity index (χ0) is 22.8. The molecule has 2 atom stereocenters. The molecule has 1 saturated heterocycles. The lowest BCUT2D eigenvalue weighted by Crippen LogP contribution is -2.40. The molecule has 0 aliphatic carbocycles. The Morgan fingerprint density at radius 2 is 1.79 bits per heavy atom. The first-order chi connectivity index (χ1) is 15.7. The second kappa shape index (κ2) is 14.3. The Morgan fingerprint density at radius 3 is 2.42 bits per heavy atom. The van der Waals surface area contributed by atoms with Crippen LogP contribution in [0.25, 0.3) is 0 Å². The summed E-state index contributed by atoms with van der Waals surface area (Å²) in [5.41, 5.74) is 1.96. The van der Waals surface area contributed by atoms with Crippen LogP contribution in [0.4, 0.5) is 0 Å². The lowest BCUT2D eigenvalue weighted by atomic mass is 10.1. The molecule has 2 unspecified atom stereocenters. The van der Waals surface area contributed by atoms with Crippen LogP contribution < -0.4 is 20.1 Å². The number of methoxy groups -OCH3 is 2. The zero-order valence-electron chi connectivity index (χ0n) is 19.8. The number of benzene rings is 2. The molecule has 0 amide bonds. The lowest BCUT2D eigenvalue weighted by molar-refractivity contribution is 0.176. The van der Waals surface area contributed by atoms with Crippen LogP contribution in [0, 0.1) is 0 Å². The Morgan fingerprint density at radius 1 is 1.06 bits per heavy atom. The molecule has 0 saturated carbocycles. The molecule has 0 radical (unpaired) electrons. The Kier molecular flexibility index (Phi) is 11.8. The standard InChI is InChI=1S/C25H36N4O3.HI/c1-4-26-25(28-18-23(30)21-16-20(31-2)12-13-24(21)32-3)27-17-22(29-14-8-9-15-29)19-10-6-5-7-11-19;/h5-7,10-13,16,22-23,30H,4,8-9,14-15,17-18H2,1-3H3,(H2,26,27,28);1H.